The molecule has 1 N–H and O–H groups in total. The van der Waals surface area contributed by atoms with Crippen LogP contribution in [0.4, 0.5) is 0 Å². The van der Waals surface area contributed by atoms with Crippen molar-refractivity contribution in [3.63, 3.8) is 0 Å². The average molecular weight is 358 g/mol. The fraction of sp³-hybridized carbons (Fsp3) is 0.688. The van der Waals surface area contributed by atoms with Gasteiger partial charge in [-0.2, -0.15) is 0 Å². The first-order valence-electron chi connectivity index (χ1n) is 8.34. The van der Waals surface area contributed by atoms with Gasteiger partial charge >= 0.3 is 0 Å². The van der Waals surface area contributed by atoms with Gasteiger partial charge in [-0.25, -0.2) is 12.7 Å². The number of aromatic nitrogens is 1. The number of aryl methyl sites for hydroxylation is 1. The number of hydrogen-bond acceptors (Lipinski definition) is 3. The van der Waals surface area contributed by atoms with E-state index in [0.717, 1.165) is 19.0 Å². The van der Waals surface area contributed by atoms with E-state index in [0.29, 0.717) is 26.1 Å². The van der Waals surface area contributed by atoms with Crippen LogP contribution in [0.3, 0.4) is 0 Å². The molecule has 24 heavy (non-hydrogen) atoms. The molecule has 0 saturated carbocycles. The summed E-state index contributed by atoms with van der Waals surface area (Å²) in [6.45, 7) is 7.03. The second-order valence-electron chi connectivity index (χ2n) is 5.81. The third kappa shape index (κ3) is 6.52. The lowest BCUT2D eigenvalue weighted by atomic mass is 10.4. The average Bonchev–Trinajstić information content (AvgIpc) is 2.89. The molecule has 0 spiro atoms. The molecule has 0 saturated heterocycles. The Labute approximate surface area is 146 Å². The summed E-state index contributed by atoms with van der Waals surface area (Å²) in [6.07, 6.45) is 3.98. The van der Waals surface area contributed by atoms with Crippen molar-refractivity contribution in [2.24, 2.45) is 12.0 Å². The third-order valence-electron chi connectivity index (χ3n) is 3.80. The van der Waals surface area contributed by atoms with E-state index in [-0.39, 0.29) is 0 Å². The Bertz CT molecular complexity index is 624. The highest BCUT2D eigenvalue weighted by Crippen LogP contribution is 2.04. The predicted octanol–water partition coefficient (Wildman–Crippen LogP) is 1.09. The molecule has 1 aromatic heterocycles. The molecule has 0 radical (unpaired) electrons. The van der Waals surface area contributed by atoms with E-state index in [1.165, 1.54) is 16.3 Å². The van der Waals surface area contributed by atoms with Crippen molar-refractivity contribution < 1.29 is 8.42 Å². The van der Waals surface area contributed by atoms with Crippen LogP contribution in [-0.4, -0.2) is 67.6 Å². The molecule has 0 bridgehead atoms. The van der Waals surface area contributed by atoms with Crippen molar-refractivity contribution in [2.45, 2.75) is 26.8 Å². The lowest BCUT2D eigenvalue weighted by molar-refractivity contribution is 0.424. The van der Waals surface area contributed by atoms with Crippen LogP contribution in [0.25, 0.3) is 0 Å². The molecular weight excluding hydrogens is 326 g/mol. The van der Waals surface area contributed by atoms with E-state index in [9.17, 15) is 8.42 Å². The van der Waals surface area contributed by atoms with Gasteiger partial charge in [0.05, 0.1) is 12.8 Å². The Morgan fingerprint density at radius 2 is 2.08 bits per heavy atom. The second kappa shape index (κ2) is 9.68. The first-order valence-corrected chi connectivity index (χ1v) is 10.2. The van der Waals surface area contributed by atoms with Gasteiger partial charge in [-0.1, -0.05) is 6.92 Å². The van der Waals surface area contributed by atoms with Crippen LogP contribution in [-0.2, 0) is 23.6 Å². The maximum atomic E-state index is 11.6. The Morgan fingerprint density at radius 3 is 2.58 bits per heavy atom. The third-order valence-corrected chi connectivity index (χ3v) is 5.17. The van der Waals surface area contributed by atoms with Crippen LogP contribution in [0.2, 0.25) is 0 Å². The minimum absolute atomic E-state index is 0.496. The van der Waals surface area contributed by atoms with Crippen molar-refractivity contribution in [1.82, 2.24) is 19.1 Å². The summed E-state index contributed by atoms with van der Waals surface area (Å²) < 4.78 is 26.7. The van der Waals surface area contributed by atoms with Gasteiger partial charge in [0.25, 0.3) is 0 Å². The molecule has 0 aliphatic rings. The lowest BCUT2D eigenvalue weighted by Gasteiger charge is -2.22. The molecule has 0 aliphatic heterocycles. The van der Waals surface area contributed by atoms with Crippen molar-refractivity contribution in [3.8, 4) is 0 Å². The maximum absolute atomic E-state index is 11.6. The zero-order valence-electron chi connectivity index (χ0n) is 15.5. The molecule has 8 heteroatoms. The smallest absolute Gasteiger partial charge is 0.211 e. The number of aliphatic imine (C=N–C) groups is 1. The zero-order chi connectivity index (χ0) is 18.2. The van der Waals surface area contributed by atoms with Crippen LogP contribution >= 0.6 is 0 Å². The molecule has 0 unspecified atom stereocenters. The van der Waals surface area contributed by atoms with Gasteiger partial charge in [0.15, 0.2) is 5.96 Å². The summed E-state index contributed by atoms with van der Waals surface area (Å²) in [7, 11) is 0.904. The van der Waals surface area contributed by atoms with Crippen LogP contribution in [0.15, 0.2) is 23.3 Å². The number of sulfonamides is 1. The fourth-order valence-electron chi connectivity index (χ4n) is 2.44. The highest BCUT2D eigenvalue weighted by Gasteiger charge is 2.13. The second-order valence-corrected chi connectivity index (χ2v) is 7.79. The zero-order valence-corrected chi connectivity index (χ0v) is 16.3. The fourth-order valence-corrected chi connectivity index (χ4v) is 3.37. The van der Waals surface area contributed by atoms with Crippen LogP contribution in [0, 0.1) is 0 Å². The van der Waals surface area contributed by atoms with E-state index in [1.54, 1.807) is 0 Å². The van der Waals surface area contributed by atoms with E-state index in [2.05, 4.69) is 25.8 Å². The first-order chi connectivity index (χ1) is 11.3. The topological polar surface area (TPSA) is 69.9 Å². The molecule has 0 amide bonds. The molecule has 0 aromatic carbocycles. The Morgan fingerprint density at radius 1 is 1.38 bits per heavy atom. The summed E-state index contributed by atoms with van der Waals surface area (Å²) in [5, 5.41) is 3.28. The normalized spacial score (nSPS) is 12.7. The molecule has 1 aromatic rings. The van der Waals surface area contributed by atoms with Gasteiger partial charge in [0.2, 0.25) is 10.0 Å². The molecule has 138 valence electrons. The number of nitrogens with one attached hydrogen (secondary N) is 1. The van der Waals surface area contributed by atoms with Gasteiger partial charge in [-0.15, -0.1) is 0 Å². The first kappa shape index (κ1) is 20.5. The van der Waals surface area contributed by atoms with Gasteiger partial charge in [-0.3, -0.25) is 4.99 Å². The lowest BCUT2D eigenvalue weighted by Crippen LogP contribution is -2.39. The Hall–Kier alpha value is -1.54. The highest BCUT2D eigenvalue weighted by atomic mass is 32.2. The SMILES string of the molecule is CCNC(=NCCCN(CC)S(C)(=O)=O)N(C)Cc1cccn1C. The summed E-state index contributed by atoms with van der Waals surface area (Å²) in [5.74, 6) is 0.834. The van der Waals surface area contributed by atoms with Crippen LogP contribution in [0.1, 0.15) is 26.0 Å². The van der Waals surface area contributed by atoms with E-state index < -0.39 is 10.0 Å². The quantitative estimate of drug-likeness (QED) is 0.408. The molecule has 0 atom stereocenters. The van der Waals surface area contributed by atoms with Crippen LogP contribution in [0.5, 0.6) is 0 Å². The van der Waals surface area contributed by atoms with Gasteiger partial charge < -0.3 is 14.8 Å². The van der Waals surface area contributed by atoms with Crippen molar-refractivity contribution in [2.75, 3.05) is 39.5 Å². The summed E-state index contributed by atoms with van der Waals surface area (Å²) in [6, 6.07) is 4.11. The largest absolute Gasteiger partial charge is 0.357 e. The van der Waals surface area contributed by atoms with Crippen LogP contribution < -0.4 is 5.32 Å². The summed E-state index contributed by atoms with van der Waals surface area (Å²) in [5.41, 5.74) is 1.21. The summed E-state index contributed by atoms with van der Waals surface area (Å²) in [4.78, 5) is 6.69. The predicted molar refractivity (Wildman–Crippen MR) is 99.6 cm³/mol. The minimum atomic E-state index is -3.13. The van der Waals surface area contributed by atoms with Crippen molar-refractivity contribution in [3.05, 3.63) is 24.0 Å². The number of nitrogens with zero attached hydrogens (tertiary/aromatic N) is 4. The molecular formula is C16H31N5O2S. The number of hydrogen-bond donors (Lipinski definition) is 1. The minimum Gasteiger partial charge on any atom is -0.357 e. The summed E-state index contributed by atoms with van der Waals surface area (Å²) >= 11 is 0. The number of guanidine groups is 1. The van der Waals surface area contributed by atoms with Gasteiger partial charge in [-0.05, 0) is 25.5 Å². The number of rotatable bonds is 9. The molecule has 7 nitrogen and oxygen atoms in total. The van der Waals surface area contributed by atoms with Gasteiger partial charge in [0.1, 0.15) is 0 Å². The highest BCUT2D eigenvalue weighted by molar-refractivity contribution is 7.88. The van der Waals surface area contributed by atoms with E-state index >= 15 is 0 Å². The molecule has 1 heterocycles. The Balaban J connectivity index is 2.60. The maximum Gasteiger partial charge on any atom is 0.211 e. The Kier molecular flexibility index (Phi) is 8.27. The van der Waals surface area contributed by atoms with Gasteiger partial charge in [0, 0.05) is 52.2 Å². The van der Waals surface area contributed by atoms with E-state index in [1.807, 2.05) is 40.2 Å². The standard InChI is InChI=1S/C16H31N5O2S/c1-6-17-16(20(4)14-15-10-8-12-19(15)3)18-11-9-13-21(7-2)24(5,22)23/h8,10,12H,6-7,9,11,13-14H2,1-5H3,(H,17,18). The van der Waals surface area contributed by atoms with Crippen molar-refractivity contribution in [1.29, 1.82) is 0 Å². The van der Waals surface area contributed by atoms with E-state index in [4.69, 9.17) is 0 Å². The molecule has 1 rings (SSSR count). The molecule has 0 aliphatic carbocycles. The monoisotopic (exact) mass is 357 g/mol. The molecule has 0 fully saturated rings. The van der Waals surface area contributed by atoms with Crippen molar-refractivity contribution >= 4 is 16.0 Å².